The van der Waals surface area contributed by atoms with E-state index in [1.165, 1.54) is 23.3 Å². The zero-order chi connectivity index (χ0) is 23.1. The van der Waals surface area contributed by atoms with Crippen molar-refractivity contribution in [3.05, 3.63) is 45.1 Å². The summed E-state index contributed by atoms with van der Waals surface area (Å²) in [5.41, 5.74) is 2.70. The number of aromatic nitrogens is 3. The Bertz CT molecular complexity index is 1210. The maximum Gasteiger partial charge on any atom is 0.460 e. The second kappa shape index (κ2) is 8.75. The van der Waals surface area contributed by atoms with Gasteiger partial charge in [0.25, 0.3) is 5.52 Å². The third-order valence-corrected chi connectivity index (χ3v) is 7.29. The number of rotatable bonds is 7. The number of anilines is 1. The van der Waals surface area contributed by atoms with Crippen LogP contribution in [0.25, 0.3) is 21.5 Å². The molecule has 0 amide bonds. The van der Waals surface area contributed by atoms with Crippen LogP contribution in [-0.2, 0) is 22.5 Å². The fourth-order valence-electron chi connectivity index (χ4n) is 4.25. The molecule has 1 saturated carbocycles. The summed E-state index contributed by atoms with van der Waals surface area (Å²) in [6.07, 6.45) is 3.54. The van der Waals surface area contributed by atoms with Gasteiger partial charge in [-0.15, -0.1) is 11.3 Å². The van der Waals surface area contributed by atoms with Gasteiger partial charge in [0, 0.05) is 39.8 Å². The molecule has 174 valence electrons. The largest absolute Gasteiger partial charge is 0.739 e. The Morgan fingerprint density at radius 3 is 2.88 bits per heavy atom. The van der Waals surface area contributed by atoms with Gasteiger partial charge in [0.2, 0.25) is 5.10 Å². The lowest BCUT2D eigenvalue weighted by atomic mass is 10.1. The number of nitrogens with one attached hydrogen (secondary N) is 1. The molecule has 2 aliphatic rings. The van der Waals surface area contributed by atoms with E-state index in [4.69, 9.17) is 4.74 Å². The summed E-state index contributed by atoms with van der Waals surface area (Å²) in [6, 6.07) is 8.22. The SMILES string of the molecule is CC(C)OC(=O)CCNc1n[n+]([O-])c2cc(-c3cc4c(s3)CCN(C3CC3)C4)ccc2[n+]1[O-]. The van der Waals surface area contributed by atoms with Crippen molar-refractivity contribution in [1.29, 1.82) is 0 Å². The lowest BCUT2D eigenvalue weighted by Crippen LogP contribution is -2.44. The number of hydrogen-bond acceptors (Lipinski definition) is 8. The number of benzene rings is 1. The predicted octanol–water partition coefficient (Wildman–Crippen LogP) is 2.50. The van der Waals surface area contributed by atoms with Crippen molar-refractivity contribution in [1.82, 2.24) is 10.00 Å². The number of carbonyl (C=O) groups excluding carboxylic acids is 1. The normalized spacial score (nSPS) is 16.2. The molecular weight excluding hydrogens is 442 g/mol. The molecule has 1 aromatic carbocycles. The van der Waals surface area contributed by atoms with Crippen LogP contribution in [-0.4, -0.2) is 41.2 Å². The quantitative estimate of drug-likeness (QED) is 0.322. The average molecular weight is 470 g/mol. The monoisotopic (exact) mass is 469 g/mol. The molecule has 1 aliphatic carbocycles. The van der Waals surface area contributed by atoms with E-state index in [2.05, 4.69) is 21.4 Å². The molecule has 0 unspecified atom stereocenters. The fourth-order valence-corrected chi connectivity index (χ4v) is 5.41. The molecule has 3 heterocycles. The molecule has 9 nitrogen and oxygen atoms in total. The van der Waals surface area contributed by atoms with Crippen LogP contribution >= 0.6 is 11.3 Å². The number of nitrogens with zero attached hydrogens (tertiary/aromatic N) is 4. The van der Waals surface area contributed by atoms with Crippen LogP contribution in [0.2, 0.25) is 0 Å². The van der Waals surface area contributed by atoms with Crippen molar-refractivity contribution in [2.45, 2.75) is 58.2 Å². The highest BCUT2D eigenvalue weighted by Gasteiger charge is 2.32. The first kappa shape index (κ1) is 21.8. The number of ether oxygens (including phenoxy) is 1. The van der Waals surface area contributed by atoms with E-state index in [1.807, 2.05) is 6.07 Å². The molecule has 10 heteroatoms. The Hall–Kier alpha value is -2.98. The summed E-state index contributed by atoms with van der Waals surface area (Å²) < 4.78 is 5.66. The molecule has 3 aromatic rings. The molecule has 2 aromatic heterocycles. The minimum Gasteiger partial charge on any atom is -0.739 e. The number of thiophene rings is 1. The molecule has 0 radical (unpaired) electrons. The van der Waals surface area contributed by atoms with Crippen molar-refractivity contribution < 1.29 is 19.1 Å². The van der Waals surface area contributed by atoms with Crippen LogP contribution < -0.4 is 14.9 Å². The average Bonchev–Trinajstić information content (AvgIpc) is 3.54. The van der Waals surface area contributed by atoms with E-state index < -0.39 is 0 Å². The van der Waals surface area contributed by atoms with E-state index >= 15 is 0 Å². The first-order chi connectivity index (χ1) is 15.9. The summed E-state index contributed by atoms with van der Waals surface area (Å²) in [7, 11) is 0. The number of fused-ring (bicyclic) bond motifs is 2. The van der Waals surface area contributed by atoms with Crippen LogP contribution in [0.3, 0.4) is 0 Å². The minimum atomic E-state index is -0.380. The molecule has 0 atom stereocenters. The zero-order valence-corrected chi connectivity index (χ0v) is 19.6. The van der Waals surface area contributed by atoms with Crippen molar-refractivity contribution in [2.24, 2.45) is 0 Å². The Labute approximate surface area is 195 Å². The summed E-state index contributed by atoms with van der Waals surface area (Å²) in [5, 5.41) is 32.0. The number of carbonyl (C=O) groups is 1. The first-order valence-electron chi connectivity index (χ1n) is 11.4. The van der Waals surface area contributed by atoms with Gasteiger partial charge in [0.1, 0.15) is 0 Å². The topological polar surface area (TPSA) is 108 Å². The van der Waals surface area contributed by atoms with Gasteiger partial charge in [-0.2, -0.15) is 0 Å². The third-order valence-electron chi connectivity index (χ3n) is 6.00. The molecular formula is C23H27N5O4S. The van der Waals surface area contributed by atoms with Gasteiger partial charge >= 0.3 is 11.9 Å². The van der Waals surface area contributed by atoms with Crippen LogP contribution in [0.5, 0.6) is 0 Å². The van der Waals surface area contributed by atoms with Crippen LogP contribution in [0, 0.1) is 10.4 Å². The van der Waals surface area contributed by atoms with Crippen molar-refractivity contribution in [2.75, 3.05) is 18.4 Å². The van der Waals surface area contributed by atoms with Crippen molar-refractivity contribution >= 4 is 34.3 Å². The summed E-state index contributed by atoms with van der Waals surface area (Å²) in [4.78, 5) is 17.2. The van der Waals surface area contributed by atoms with Gasteiger partial charge in [-0.05, 0) is 62.4 Å². The molecule has 5 rings (SSSR count). The van der Waals surface area contributed by atoms with Gasteiger partial charge in [0.05, 0.1) is 19.1 Å². The van der Waals surface area contributed by atoms with E-state index in [0.29, 0.717) is 9.58 Å². The molecule has 1 fully saturated rings. The van der Waals surface area contributed by atoms with E-state index in [-0.39, 0.29) is 42.0 Å². The summed E-state index contributed by atoms with van der Waals surface area (Å²) in [5.74, 6) is -0.524. The summed E-state index contributed by atoms with van der Waals surface area (Å²) in [6.45, 7) is 5.78. The maximum atomic E-state index is 12.8. The van der Waals surface area contributed by atoms with Crippen LogP contribution in [0.4, 0.5) is 5.95 Å². The maximum absolute atomic E-state index is 12.8. The van der Waals surface area contributed by atoms with Crippen molar-refractivity contribution in [3.8, 4) is 10.4 Å². The van der Waals surface area contributed by atoms with Crippen LogP contribution in [0.1, 0.15) is 43.6 Å². The van der Waals surface area contributed by atoms with E-state index in [9.17, 15) is 15.2 Å². The third kappa shape index (κ3) is 4.58. The molecule has 0 bridgehead atoms. The molecule has 1 aliphatic heterocycles. The van der Waals surface area contributed by atoms with E-state index in [1.54, 1.807) is 37.3 Å². The highest BCUT2D eigenvalue weighted by atomic mass is 32.1. The Morgan fingerprint density at radius 1 is 1.30 bits per heavy atom. The summed E-state index contributed by atoms with van der Waals surface area (Å²) >= 11 is 1.76. The smallest absolute Gasteiger partial charge is 0.460 e. The highest BCUT2D eigenvalue weighted by Crippen LogP contribution is 2.38. The minimum absolute atomic E-state index is 0.0664. The van der Waals surface area contributed by atoms with Gasteiger partial charge in [-0.25, -0.2) is 4.73 Å². The Balaban J connectivity index is 1.35. The second-order valence-corrected chi connectivity index (χ2v) is 10.1. The fraction of sp³-hybridized carbons (Fsp3) is 0.478. The van der Waals surface area contributed by atoms with Gasteiger partial charge in [0.15, 0.2) is 5.52 Å². The number of esters is 1. The number of hydrogen-bond donors (Lipinski definition) is 1. The highest BCUT2D eigenvalue weighted by molar-refractivity contribution is 7.15. The Kier molecular flexibility index (Phi) is 5.79. The second-order valence-electron chi connectivity index (χ2n) is 8.92. The standard InChI is InChI=1S/C23H27N5O4S/c1-14(2)32-22(29)7-9-24-23-25-28(31)19-11-15(3-6-18(19)27(23)30)21-12-16-13-26(17-4-5-17)10-8-20(16)33-21/h3,6,11-12,14,17H,4-5,7-10,13H2,1-2H3,(H,24,25). The molecule has 1 N–H and O–H groups in total. The van der Waals surface area contributed by atoms with Crippen LogP contribution in [0.15, 0.2) is 24.3 Å². The van der Waals surface area contributed by atoms with Gasteiger partial charge in [-0.1, -0.05) is 0 Å². The van der Waals surface area contributed by atoms with Crippen molar-refractivity contribution in [3.63, 3.8) is 0 Å². The van der Waals surface area contributed by atoms with Gasteiger partial charge < -0.3 is 15.2 Å². The van der Waals surface area contributed by atoms with Gasteiger partial charge in [-0.3, -0.25) is 15.0 Å². The predicted molar refractivity (Wildman–Crippen MR) is 124 cm³/mol. The molecule has 0 spiro atoms. The van der Waals surface area contributed by atoms with E-state index in [0.717, 1.165) is 36.0 Å². The Morgan fingerprint density at radius 2 is 2.12 bits per heavy atom. The first-order valence-corrected chi connectivity index (χ1v) is 12.2. The lowest BCUT2D eigenvalue weighted by Gasteiger charge is -2.26. The lowest BCUT2D eigenvalue weighted by molar-refractivity contribution is -0.672. The zero-order valence-electron chi connectivity index (χ0n) is 18.7. The molecule has 0 saturated heterocycles. The molecule has 33 heavy (non-hydrogen) atoms.